The molecule has 1 heterocycles. The van der Waals surface area contributed by atoms with Gasteiger partial charge in [-0.05, 0) is 25.2 Å². The van der Waals surface area contributed by atoms with Gasteiger partial charge in [0.25, 0.3) is 0 Å². The van der Waals surface area contributed by atoms with Crippen molar-refractivity contribution in [3.8, 4) is 0 Å². The summed E-state index contributed by atoms with van der Waals surface area (Å²) in [5.41, 5.74) is 5.66. The predicted molar refractivity (Wildman–Crippen MR) is 68.3 cm³/mol. The molecule has 1 unspecified atom stereocenters. The van der Waals surface area contributed by atoms with Crippen LogP contribution in [0, 0.1) is 17.5 Å². The monoisotopic (exact) mass is 284 g/mol. The Bertz CT molecular complexity index is 572. The highest BCUT2D eigenvalue weighted by molar-refractivity contribution is 5.24. The van der Waals surface area contributed by atoms with Crippen LogP contribution in [0.15, 0.2) is 34.9 Å². The van der Waals surface area contributed by atoms with Crippen LogP contribution in [0.2, 0.25) is 0 Å². The number of halogens is 3. The Hall–Kier alpha value is -1.79. The maximum Gasteiger partial charge on any atom is 0.161 e. The second-order valence-corrected chi connectivity index (χ2v) is 4.53. The van der Waals surface area contributed by atoms with Gasteiger partial charge in [0.1, 0.15) is 11.6 Å². The van der Waals surface area contributed by atoms with Crippen LogP contribution in [-0.2, 0) is 6.54 Å². The molecule has 0 aliphatic heterocycles. The summed E-state index contributed by atoms with van der Waals surface area (Å²) in [7, 11) is 1.71. The summed E-state index contributed by atoms with van der Waals surface area (Å²) < 4.78 is 45.2. The van der Waals surface area contributed by atoms with Crippen LogP contribution in [0.1, 0.15) is 17.4 Å². The Kier molecular flexibility index (Phi) is 4.46. The standard InChI is InChI=1S/C14H15F3N2O/c1-19(8-9-3-2-4-20-9)14(7-18)10-5-12(16)13(17)6-11(10)15/h2-6,14H,7-8,18H2,1H3. The predicted octanol–water partition coefficient (Wildman–Crippen LogP) is 2.83. The summed E-state index contributed by atoms with van der Waals surface area (Å²) in [4.78, 5) is 1.72. The summed E-state index contributed by atoms with van der Waals surface area (Å²) in [6, 6.07) is 4.31. The van der Waals surface area contributed by atoms with Gasteiger partial charge < -0.3 is 10.2 Å². The van der Waals surface area contributed by atoms with E-state index in [-0.39, 0.29) is 12.1 Å². The van der Waals surface area contributed by atoms with Crippen molar-refractivity contribution in [2.75, 3.05) is 13.6 Å². The van der Waals surface area contributed by atoms with Gasteiger partial charge in [0.2, 0.25) is 0 Å². The lowest BCUT2D eigenvalue weighted by Crippen LogP contribution is -2.31. The fourth-order valence-electron chi connectivity index (χ4n) is 2.10. The van der Waals surface area contributed by atoms with E-state index >= 15 is 0 Å². The molecule has 2 rings (SSSR count). The third-order valence-electron chi connectivity index (χ3n) is 3.14. The Morgan fingerprint density at radius 1 is 1.20 bits per heavy atom. The van der Waals surface area contributed by atoms with Gasteiger partial charge in [-0.2, -0.15) is 0 Å². The molecule has 0 saturated heterocycles. The number of hydrogen-bond donors (Lipinski definition) is 1. The maximum absolute atomic E-state index is 13.8. The number of rotatable bonds is 5. The fraction of sp³-hybridized carbons (Fsp3) is 0.286. The van der Waals surface area contributed by atoms with E-state index in [2.05, 4.69) is 0 Å². The summed E-state index contributed by atoms with van der Waals surface area (Å²) >= 11 is 0. The first kappa shape index (κ1) is 14.6. The van der Waals surface area contributed by atoms with E-state index in [4.69, 9.17) is 10.2 Å². The van der Waals surface area contributed by atoms with E-state index in [1.165, 1.54) is 6.26 Å². The van der Waals surface area contributed by atoms with Crippen molar-refractivity contribution in [2.45, 2.75) is 12.6 Å². The number of nitrogens with zero attached hydrogens (tertiary/aromatic N) is 1. The number of nitrogens with two attached hydrogens (primary N) is 1. The van der Waals surface area contributed by atoms with Crippen LogP contribution < -0.4 is 5.73 Å². The van der Waals surface area contributed by atoms with Crippen molar-refractivity contribution in [2.24, 2.45) is 5.73 Å². The maximum atomic E-state index is 13.8. The van der Waals surface area contributed by atoms with Crippen LogP contribution in [0.25, 0.3) is 0 Å². The SMILES string of the molecule is CN(Cc1ccco1)C(CN)c1cc(F)c(F)cc1F. The van der Waals surface area contributed by atoms with E-state index in [0.29, 0.717) is 18.4 Å². The highest BCUT2D eigenvalue weighted by Crippen LogP contribution is 2.25. The molecule has 0 radical (unpaired) electrons. The van der Waals surface area contributed by atoms with E-state index in [0.717, 1.165) is 6.07 Å². The number of furan rings is 1. The summed E-state index contributed by atoms with van der Waals surface area (Å²) in [5.74, 6) is -2.44. The normalized spacial score (nSPS) is 12.9. The van der Waals surface area contributed by atoms with Crippen LogP contribution in [-0.4, -0.2) is 18.5 Å². The largest absolute Gasteiger partial charge is 0.468 e. The lowest BCUT2D eigenvalue weighted by Gasteiger charge is -2.26. The van der Waals surface area contributed by atoms with Crippen molar-refractivity contribution in [1.29, 1.82) is 0 Å². The van der Waals surface area contributed by atoms with Crippen LogP contribution in [0.4, 0.5) is 13.2 Å². The van der Waals surface area contributed by atoms with Gasteiger partial charge in [0.15, 0.2) is 11.6 Å². The van der Waals surface area contributed by atoms with Gasteiger partial charge in [-0.25, -0.2) is 13.2 Å². The van der Waals surface area contributed by atoms with E-state index in [9.17, 15) is 13.2 Å². The number of benzene rings is 1. The Morgan fingerprint density at radius 3 is 2.50 bits per heavy atom. The van der Waals surface area contributed by atoms with Gasteiger partial charge in [-0.3, -0.25) is 4.90 Å². The molecule has 0 spiro atoms. The lowest BCUT2D eigenvalue weighted by atomic mass is 10.0. The molecule has 1 aromatic carbocycles. The molecule has 20 heavy (non-hydrogen) atoms. The quantitative estimate of drug-likeness (QED) is 0.858. The van der Waals surface area contributed by atoms with Crippen molar-refractivity contribution in [3.63, 3.8) is 0 Å². The van der Waals surface area contributed by atoms with Gasteiger partial charge >= 0.3 is 0 Å². The average Bonchev–Trinajstić information content (AvgIpc) is 2.89. The molecule has 1 aromatic heterocycles. The van der Waals surface area contributed by atoms with E-state index < -0.39 is 23.5 Å². The number of likely N-dealkylation sites (N-methyl/N-ethyl adjacent to an activating group) is 1. The number of hydrogen-bond acceptors (Lipinski definition) is 3. The van der Waals surface area contributed by atoms with Crippen molar-refractivity contribution >= 4 is 0 Å². The molecule has 108 valence electrons. The third-order valence-corrected chi connectivity index (χ3v) is 3.14. The van der Waals surface area contributed by atoms with Crippen LogP contribution >= 0.6 is 0 Å². The molecular formula is C14H15F3N2O. The van der Waals surface area contributed by atoms with Crippen molar-refractivity contribution in [3.05, 3.63) is 59.3 Å². The first-order valence-corrected chi connectivity index (χ1v) is 6.10. The Balaban J connectivity index is 2.25. The molecular weight excluding hydrogens is 269 g/mol. The van der Waals surface area contributed by atoms with Gasteiger partial charge in [0.05, 0.1) is 18.8 Å². The first-order valence-electron chi connectivity index (χ1n) is 6.10. The average molecular weight is 284 g/mol. The Morgan fingerprint density at radius 2 is 1.90 bits per heavy atom. The summed E-state index contributed by atoms with van der Waals surface area (Å²) in [6.07, 6.45) is 1.53. The molecule has 0 bridgehead atoms. The van der Waals surface area contributed by atoms with Crippen LogP contribution in [0.5, 0.6) is 0 Å². The van der Waals surface area contributed by atoms with Crippen molar-refractivity contribution < 1.29 is 17.6 Å². The molecule has 1 atom stereocenters. The molecule has 0 saturated carbocycles. The smallest absolute Gasteiger partial charge is 0.161 e. The van der Waals surface area contributed by atoms with Gasteiger partial charge in [0, 0.05) is 18.2 Å². The van der Waals surface area contributed by atoms with Crippen LogP contribution in [0.3, 0.4) is 0 Å². The summed E-state index contributed by atoms with van der Waals surface area (Å²) in [6.45, 7) is 0.451. The minimum Gasteiger partial charge on any atom is -0.468 e. The molecule has 3 nitrogen and oxygen atoms in total. The highest BCUT2D eigenvalue weighted by atomic mass is 19.2. The zero-order valence-electron chi connectivity index (χ0n) is 10.9. The molecule has 2 aromatic rings. The third kappa shape index (κ3) is 3.02. The lowest BCUT2D eigenvalue weighted by molar-refractivity contribution is 0.218. The Labute approximate surface area is 114 Å². The minimum atomic E-state index is -1.21. The molecule has 6 heteroatoms. The molecule has 0 aliphatic rings. The van der Waals surface area contributed by atoms with Gasteiger partial charge in [-0.1, -0.05) is 0 Å². The summed E-state index contributed by atoms with van der Waals surface area (Å²) in [5, 5.41) is 0. The highest BCUT2D eigenvalue weighted by Gasteiger charge is 2.22. The minimum absolute atomic E-state index is 0.0282. The van der Waals surface area contributed by atoms with E-state index in [1.54, 1.807) is 24.1 Å². The fourth-order valence-corrected chi connectivity index (χ4v) is 2.10. The van der Waals surface area contributed by atoms with Crippen molar-refractivity contribution in [1.82, 2.24) is 4.90 Å². The van der Waals surface area contributed by atoms with Gasteiger partial charge in [-0.15, -0.1) is 0 Å². The van der Waals surface area contributed by atoms with E-state index in [1.807, 2.05) is 0 Å². The molecule has 0 amide bonds. The zero-order chi connectivity index (χ0) is 14.7. The topological polar surface area (TPSA) is 42.4 Å². The second kappa shape index (κ2) is 6.11. The first-order chi connectivity index (χ1) is 9.52. The zero-order valence-corrected chi connectivity index (χ0v) is 10.9. The molecule has 0 fully saturated rings. The second-order valence-electron chi connectivity index (χ2n) is 4.53. The molecule has 2 N–H and O–H groups in total. The molecule has 0 aliphatic carbocycles.